The number of hydrogen-bond acceptors (Lipinski definition) is 5. The highest BCUT2D eigenvalue weighted by molar-refractivity contribution is 7.12. The normalized spacial score (nSPS) is 10.7. The number of amides is 2. The molecule has 0 aliphatic heterocycles. The second kappa shape index (κ2) is 10.9. The molecule has 7 heteroatoms. The average molecular weight is 456 g/mol. The quantitative estimate of drug-likeness (QED) is 0.278. The summed E-state index contributed by atoms with van der Waals surface area (Å²) in [4.78, 5) is 25.6. The van der Waals surface area contributed by atoms with Crippen molar-refractivity contribution in [3.8, 4) is 5.75 Å². The van der Waals surface area contributed by atoms with Gasteiger partial charge in [-0.15, -0.1) is 11.3 Å². The first-order valence-electron chi connectivity index (χ1n) is 10.2. The molecule has 0 saturated carbocycles. The molecule has 33 heavy (non-hydrogen) atoms. The first-order valence-corrected chi connectivity index (χ1v) is 11.1. The fourth-order valence-electron chi connectivity index (χ4n) is 3.03. The molecule has 2 amide bonds. The van der Waals surface area contributed by atoms with Crippen molar-refractivity contribution in [3.63, 3.8) is 0 Å². The SMILES string of the molecule is O=C(Nc1ccccc1C(=O)N/N=C\c1cccc(OCc2ccccc2)c1)c1cccs1. The van der Waals surface area contributed by atoms with Crippen LogP contribution in [0.25, 0.3) is 0 Å². The highest BCUT2D eigenvalue weighted by Gasteiger charge is 2.14. The largest absolute Gasteiger partial charge is 0.489 e. The van der Waals surface area contributed by atoms with Crippen LogP contribution in [0.1, 0.15) is 31.2 Å². The van der Waals surface area contributed by atoms with Crippen molar-refractivity contribution < 1.29 is 14.3 Å². The third-order valence-electron chi connectivity index (χ3n) is 4.65. The number of ether oxygens (including phenoxy) is 1. The Hall–Kier alpha value is -4.23. The zero-order chi connectivity index (χ0) is 22.9. The van der Waals surface area contributed by atoms with Crippen molar-refractivity contribution in [3.05, 3.63) is 118 Å². The molecule has 6 nitrogen and oxygen atoms in total. The lowest BCUT2D eigenvalue weighted by molar-refractivity contribution is 0.0956. The van der Waals surface area contributed by atoms with Gasteiger partial charge in [0.05, 0.1) is 22.3 Å². The van der Waals surface area contributed by atoms with Crippen LogP contribution in [-0.4, -0.2) is 18.0 Å². The molecule has 3 aromatic carbocycles. The highest BCUT2D eigenvalue weighted by Crippen LogP contribution is 2.18. The van der Waals surface area contributed by atoms with Crippen molar-refractivity contribution in [2.45, 2.75) is 6.61 Å². The van der Waals surface area contributed by atoms with Crippen LogP contribution in [0.2, 0.25) is 0 Å². The van der Waals surface area contributed by atoms with E-state index in [2.05, 4.69) is 15.8 Å². The summed E-state index contributed by atoms with van der Waals surface area (Å²) >= 11 is 1.33. The predicted molar refractivity (Wildman–Crippen MR) is 131 cm³/mol. The Labute approximate surface area is 195 Å². The van der Waals surface area contributed by atoms with Gasteiger partial charge in [0.25, 0.3) is 11.8 Å². The predicted octanol–water partition coefficient (Wildman–Crippen LogP) is 5.34. The van der Waals surface area contributed by atoms with E-state index in [4.69, 9.17) is 4.74 Å². The summed E-state index contributed by atoms with van der Waals surface area (Å²) in [5, 5.41) is 8.66. The van der Waals surface area contributed by atoms with Gasteiger partial charge in [0.15, 0.2) is 0 Å². The van der Waals surface area contributed by atoms with Crippen LogP contribution in [0.5, 0.6) is 5.75 Å². The summed E-state index contributed by atoms with van der Waals surface area (Å²) in [7, 11) is 0. The van der Waals surface area contributed by atoms with E-state index < -0.39 is 5.91 Å². The Morgan fingerprint density at radius 1 is 0.879 bits per heavy atom. The number of hydrazone groups is 1. The van der Waals surface area contributed by atoms with E-state index >= 15 is 0 Å². The number of para-hydroxylation sites is 1. The summed E-state index contributed by atoms with van der Waals surface area (Å²) in [5.41, 5.74) is 5.11. The number of carbonyl (C=O) groups is 2. The minimum atomic E-state index is -0.426. The molecule has 0 aliphatic carbocycles. The number of anilines is 1. The fraction of sp³-hybridized carbons (Fsp3) is 0.0385. The minimum absolute atomic E-state index is 0.263. The zero-order valence-electron chi connectivity index (χ0n) is 17.6. The number of hydrogen-bond donors (Lipinski definition) is 2. The van der Waals surface area contributed by atoms with Gasteiger partial charge in [-0.25, -0.2) is 5.43 Å². The van der Waals surface area contributed by atoms with Gasteiger partial charge >= 0.3 is 0 Å². The van der Waals surface area contributed by atoms with E-state index in [1.165, 1.54) is 11.3 Å². The van der Waals surface area contributed by atoms with E-state index in [9.17, 15) is 9.59 Å². The maximum atomic E-state index is 12.7. The molecular formula is C26H21N3O3S. The van der Waals surface area contributed by atoms with E-state index in [1.807, 2.05) is 60.0 Å². The van der Waals surface area contributed by atoms with E-state index in [0.29, 0.717) is 28.5 Å². The lowest BCUT2D eigenvalue weighted by Crippen LogP contribution is -2.21. The third-order valence-corrected chi connectivity index (χ3v) is 5.52. The summed E-state index contributed by atoms with van der Waals surface area (Å²) in [6.07, 6.45) is 1.54. The first-order chi connectivity index (χ1) is 16.2. The number of rotatable bonds is 8. The molecule has 164 valence electrons. The number of benzene rings is 3. The van der Waals surface area contributed by atoms with Gasteiger partial charge in [0.2, 0.25) is 0 Å². The van der Waals surface area contributed by atoms with Crippen molar-refractivity contribution >= 4 is 35.1 Å². The number of nitrogens with zero attached hydrogens (tertiary/aromatic N) is 1. The topological polar surface area (TPSA) is 79.8 Å². The lowest BCUT2D eigenvalue weighted by Gasteiger charge is -2.09. The van der Waals surface area contributed by atoms with Crippen molar-refractivity contribution in [1.82, 2.24) is 5.43 Å². The van der Waals surface area contributed by atoms with Gasteiger partial charge < -0.3 is 10.1 Å². The fourth-order valence-corrected chi connectivity index (χ4v) is 3.65. The van der Waals surface area contributed by atoms with E-state index in [0.717, 1.165) is 11.1 Å². The Balaban J connectivity index is 1.37. The summed E-state index contributed by atoms with van der Waals surface area (Å²) in [6, 6.07) is 27.7. The minimum Gasteiger partial charge on any atom is -0.489 e. The molecule has 0 radical (unpaired) electrons. The Morgan fingerprint density at radius 2 is 1.70 bits per heavy atom. The molecular weight excluding hydrogens is 434 g/mol. The summed E-state index contributed by atoms with van der Waals surface area (Å²) < 4.78 is 5.82. The van der Waals surface area contributed by atoms with Crippen LogP contribution in [0.15, 0.2) is 101 Å². The van der Waals surface area contributed by atoms with Crippen LogP contribution in [0, 0.1) is 0 Å². The maximum Gasteiger partial charge on any atom is 0.273 e. The molecule has 4 rings (SSSR count). The number of carbonyl (C=O) groups excluding carboxylic acids is 2. The first kappa shape index (κ1) is 22.0. The highest BCUT2D eigenvalue weighted by atomic mass is 32.1. The lowest BCUT2D eigenvalue weighted by atomic mass is 10.1. The van der Waals surface area contributed by atoms with Crippen LogP contribution < -0.4 is 15.5 Å². The van der Waals surface area contributed by atoms with E-state index in [-0.39, 0.29) is 5.91 Å². The standard InChI is InChI=1S/C26H21N3O3S/c30-25(22-12-4-5-13-23(22)28-26(31)24-14-7-15-33-24)29-27-17-20-10-6-11-21(16-20)32-18-19-8-2-1-3-9-19/h1-17H,18H2,(H,28,31)(H,29,30)/b27-17-. The third kappa shape index (κ3) is 6.15. The molecule has 1 heterocycles. The second-order valence-corrected chi connectivity index (χ2v) is 7.97. The van der Waals surface area contributed by atoms with Crippen LogP contribution in [0.3, 0.4) is 0 Å². The van der Waals surface area contributed by atoms with Gasteiger partial charge in [0.1, 0.15) is 12.4 Å². The summed E-state index contributed by atoms with van der Waals surface area (Å²) in [5.74, 6) is 0.0154. The van der Waals surface area contributed by atoms with Gasteiger partial charge in [-0.2, -0.15) is 5.10 Å². The smallest absolute Gasteiger partial charge is 0.273 e. The van der Waals surface area contributed by atoms with Gasteiger partial charge in [0, 0.05) is 0 Å². The molecule has 0 spiro atoms. The van der Waals surface area contributed by atoms with Crippen LogP contribution in [-0.2, 0) is 6.61 Å². The zero-order valence-corrected chi connectivity index (χ0v) is 18.4. The molecule has 0 fully saturated rings. The van der Waals surface area contributed by atoms with Gasteiger partial charge in [-0.05, 0) is 46.8 Å². The second-order valence-electron chi connectivity index (χ2n) is 7.02. The molecule has 2 N–H and O–H groups in total. The van der Waals surface area contributed by atoms with E-state index in [1.54, 1.807) is 42.6 Å². The summed E-state index contributed by atoms with van der Waals surface area (Å²) in [6.45, 7) is 0.464. The molecule has 0 bridgehead atoms. The molecule has 1 aromatic heterocycles. The Morgan fingerprint density at radius 3 is 2.52 bits per heavy atom. The number of thiophene rings is 1. The average Bonchev–Trinajstić information content (AvgIpc) is 3.39. The van der Waals surface area contributed by atoms with Crippen molar-refractivity contribution in [1.29, 1.82) is 0 Å². The maximum absolute atomic E-state index is 12.7. The van der Waals surface area contributed by atoms with Crippen molar-refractivity contribution in [2.24, 2.45) is 5.10 Å². The van der Waals surface area contributed by atoms with Gasteiger partial charge in [-0.1, -0.05) is 60.7 Å². The van der Waals surface area contributed by atoms with Crippen LogP contribution in [0.4, 0.5) is 5.69 Å². The molecule has 0 aliphatic rings. The van der Waals surface area contributed by atoms with Gasteiger partial charge in [-0.3, -0.25) is 9.59 Å². The Kier molecular flexibility index (Phi) is 7.25. The Bertz CT molecular complexity index is 1250. The number of nitrogens with one attached hydrogen (secondary N) is 2. The monoisotopic (exact) mass is 455 g/mol. The molecule has 4 aromatic rings. The van der Waals surface area contributed by atoms with Crippen molar-refractivity contribution in [2.75, 3.05) is 5.32 Å². The van der Waals surface area contributed by atoms with Crippen LogP contribution >= 0.6 is 11.3 Å². The molecule has 0 saturated heterocycles. The molecule has 0 atom stereocenters. The molecule has 0 unspecified atom stereocenters.